The number of hydrogen-bond donors (Lipinski definition) is 1. The highest BCUT2D eigenvalue weighted by molar-refractivity contribution is 5.49. The van der Waals surface area contributed by atoms with Crippen molar-refractivity contribution in [2.75, 3.05) is 13.1 Å². The Bertz CT molecular complexity index is 498. The molecule has 1 aromatic rings. The molecule has 1 fully saturated rings. The maximum absolute atomic E-state index is 10.9. The number of nitro groups is 2. The van der Waals surface area contributed by atoms with Crippen molar-refractivity contribution in [3.63, 3.8) is 0 Å². The highest BCUT2D eigenvalue weighted by Crippen LogP contribution is 2.26. The molecule has 96 valence electrons. The first-order valence-corrected chi connectivity index (χ1v) is 5.29. The number of likely N-dealkylation sites (tertiary alicyclic amines) is 1. The maximum atomic E-state index is 10.9. The van der Waals surface area contributed by atoms with Gasteiger partial charge in [-0.05, 0) is 6.07 Å². The average molecular weight is 253 g/mol. The van der Waals surface area contributed by atoms with E-state index in [0.717, 1.165) is 6.07 Å². The van der Waals surface area contributed by atoms with Gasteiger partial charge in [0.2, 0.25) is 0 Å². The number of non-ortho nitro benzene ring substituents is 1. The van der Waals surface area contributed by atoms with Crippen LogP contribution in [0.3, 0.4) is 0 Å². The van der Waals surface area contributed by atoms with E-state index in [1.807, 2.05) is 4.90 Å². The summed E-state index contributed by atoms with van der Waals surface area (Å²) in [5.74, 6) is 0. The number of benzene rings is 1. The van der Waals surface area contributed by atoms with Crippen molar-refractivity contribution in [3.05, 3.63) is 44.0 Å². The largest absolute Gasteiger partial charge is 0.390 e. The summed E-state index contributed by atoms with van der Waals surface area (Å²) in [4.78, 5) is 22.0. The highest BCUT2D eigenvalue weighted by Gasteiger charge is 2.27. The van der Waals surface area contributed by atoms with Crippen LogP contribution in [-0.4, -0.2) is 39.0 Å². The Morgan fingerprint density at radius 2 is 1.94 bits per heavy atom. The van der Waals surface area contributed by atoms with Gasteiger partial charge in [-0.25, -0.2) is 0 Å². The van der Waals surface area contributed by atoms with Gasteiger partial charge in [0.15, 0.2) is 0 Å². The topological polar surface area (TPSA) is 110 Å². The summed E-state index contributed by atoms with van der Waals surface area (Å²) in [6.07, 6.45) is -0.387. The van der Waals surface area contributed by atoms with Gasteiger partial charge < -0.3 is 5.11 Å². The lowest BCUT2D eigenvalue weighted by Gasteiger charge is -2.35. The second kappa shape index (κ2) is 4.67. The molecule has 1 N–H and O–H groups in total. The van der Waals surface area contributed by atoms with E-state index >= 15 is 0 Å². The molecule has 2 rings (SSSR count). The second-order valence-corrected chi connectivity index (χ2v) is 4.18. The van der Waals surface area contributed by atoms with Crippen molar-refractivity contribution >= 4 is 11.4 Å². The van der Waals surface area contributed by atoms with Crippen molar-refractivity contribution < 1.29 is 15.0 Å². The molecule has 0 unspecified atom stereocenters. The van der Waals surface area contributed by atoms with Gasteiger partial charge >= 0.3 is 0 Å². The highest BCUT2D eigenvalue weighted by atomic mass is 16.6. The van der Waals surface area contributed by atoms with Crippen molar-refractivity contribution in [3.8, 4) is 0 Å². The molecule has 8 heteroatoms. The lowest BCUT2D eigenvalue weighted by molar-refractivity contribution is -0.394. The van der Waals surface area contributed by atoms with Gasteiger partial charge in [-0.2, -0.15) is 0 Å². The summed E-state index contributed by atoms with van der Waals surface area (Å²) in [7, 11) is 0. The maximum Gasteiger partial charge on any atom is 0.280 e. The molecule has 1 saturated heterocycles. The van der Waals surface area contributed by atoms with E-state index < -0.39 is 9.85 Å². The molecule has 0 radical (unpaired) electrons. The Labute approximate surface area is 102 Å². The molecule has 0 amide bonds. The Balaban J connectivity index is 2.23. The van der Waals surface area contributed by atoms with Crippen LogP contribution >= 0.6 is 0 Å². The van der Waals surface area contributed by atoms with Gasteiger partial charge in [0.1, 0.15) is 0 Å². The summed E-state index contributed by atoms with van der Waals surface area (Å²) < 4.78 is 0. The average Bonchev–Trinajstić information content (AvgIpc) is 2.26. The lowest BCUT2D eigenvalue weighted by Crippen LogP contribution is -2.49. The molecule has 0 saturated carbocycles. The zero-order chi connectivity index (χ0) is 13.3. The molecule has 1 heterocycles. The molecule has 8 nitrogen and oxygen atoms in total. The minimum absolute atomic E-state index is 0.259. The minimum atomic E-state index is -0.663. The van der Waals surface area contributed by atoms with Crippen molar-refractivity contribution in [1.82, 2.24) is 4.90 Å². The van der Waals surface area contributed by atoms with E-state index in [1.54, 1.807) is 0 Å². The summed E-state index contributed by atoms with van der Waals surface area (Å²) in [5, 5.41) is 30.5. The number of aliphatic hydroxyl groups is 1. The molecule has 18 heavy (non-hydrogen) atoms. The molecule has 1 aliphatic heterocycles. The summed E-state index contributed by atoms with van der Waals surface area (Å²) in [6.45, 7) is 1.24. The number of β-amino-alcohol motifs (C(OH)–C–C–N with tert-alkyl or cyclic N) is 1. The molecular weight excluding hydrogens is 242 g/mol. The number of nitrogens with zero attached hydrogens (tertiary/aromatic N) is 3. The second-order valence-electron chi connectivity index (χ2n) is 4.18. The van der Waals surface area contributed by atoms with Crippen LogP contribution in [0, 0.1) is 20.2 Å². The van der Waals surface area contributed by atoms with E-state index in [1.165, 1.54) is 12.1 Å². The molecule has 1 aromatic carbocycles. The third-order valence-corrected chi connectivity index (χ3v) is 2.81. The Kier molecular flexibility index (Phi) is 3.21. The van der Waals surface area contributed by atoms with Crippen LogP contribution in [0.2, 0.25) is 0 Å². The third-order valence-electron chi connectivity index (χ3n) is 2.81. The Hall–Kier alpha value is -2.06. The van der Waals surface area contributed by atoms with E-state index in [-0.39, 0.29) is 17.5 Å². The molecule has 0 bridgehead atoms. The Morgan fingerprint density at radius 1 is 1.28 bits per heavy atom. The van der Waals surface area contributed by atoms with Crippen LogP contribution in [0.5, 0.6) is 0 Å². The van der Waals surface area contributed by atoms with Crippen LogP contribution < -0.4 is 0 Å². The van der Waals surface area contributed by atoms with Crippen molar-refractivity contribution in [2.45, 2.75) is 12.6 Å². The monoisotopic (exact) mass is 253 g/mol. The van der Waals surface area contributed by atoms with Gasteiger partial charge in [-0.1, -0.05) is 0 Å². The predicted octanol–water partition coefficient (Wildman–Crippen LogP) is 0.679. The van der Waals surface area contributed by atoms with E-state index in [2.05, 4.69) is 0 Å². The molecule has 1 aliphatic rings. The van der Waals surface area contributed by atoms with Gasteiger partial charge in [0.05, 0.1) is 22.0 Å². The lowest BCUT2D eigenvalue weighted by atomic mass is 10.1. The smallest absolute Gasteiger partial charge is 0.280 e. The fraction of sp³-hybridized carbons (Fsp3) is 0.400. The van der Waals surface area contributed by atoms with Crippen molar-refractivity contribution in [2.24, 2.45) is 0 Å². The van der Waals surface area contributed by atoms with E-state index in [0.29, 0.717) is 25.2 Å². The fourth-order valence-corrected chi connectivity index (χ4v) is 1.88. The zero-order valence-corrected chi connectivity index (χ0v) is 9.35. The fourth-order valence-electron chi connectivity index (χ4n) is 1.88. The number of nitro benzene ring substituents is 2. The first-order chi connectivity index (χ1) is 8.47. The van der Waals surface area contributed by atoms with E-state index in [4.69, 9.17) is 5.11 Å². The summed E-state index contributed by atoms with van der Waals surface area (Å²) in [5.41, 5.74) is -0.141. The normalized spacial score (nSPS) is 16.3. The third kappa shape index (κ3) is 2.44. The van der Waals surface area contributed by atoms with Crippen LogP contribution in [-0.2, 0) is 6.54 Å². The van der Waals surface area contributed by atoms with E-state index in [9.17, 15) is 20.2 Å². The van der Waals surface area contributed by atoms with Gasteiger partial charge in [-0.3, -0.25) is 25.1 Å². The van der Waals surface area contributed by atoms with Crippen LogP contribution in [0.1, 0.15) is 5.56 Å². The first kappa shape index (κ1) is 12.4. The van der Waals surface area contributed by atoms with Crippen molar-refractivity contribution in [1.29, 1.82) is 0 Å². The minimum Gasteiger partial charge on any atom is -0.390 e. The van der Waals surface area contributed by atoms with Gasteiger partial charge in [0.25, 0.3) is 11.4 Å². The summed E-state index contributed by atoms with van der Waals surface area (Å²) >= 11 is 0. The first-order valence-electron chi connectivity index (χ1n) is 5.29. The summed E-state index contributed by atoms with van der Waals surface area (Å²) in [6, 6.07) is 3.60. The quantitative estimate of drug-likeness (QED) is 0.624. The number of aliphatic hydroxyl groups excluding tert-OH is 1. The molecule has 0 atom stereocenters. The molecule has 0 aliphatic carbocycles. The molecular formula is C10H11N3O5. The van der Waals surface area contributed by atoms with Gasteiger partial charge in [-0.15, -0.1) is 0 Å². The van der Waals surface area contributed by atoms with Gasteiger partial charge in [0, 0.05) is 31.3 Å². The number of rotatable bonds is 4. The number of hydrogen-bond acceptors (Lipinski definition) is 6. The Morgan fingerprint density at radius 3 is 2.44 bits per heavy atom. The van der Waals surface area contributed by atoms with Crippen LogP contribution in [0.25, 0.3) is 0 Å². The predicted molar refractivity (Wildman–Crippen MR) is 61.0 cm³/mol. The molecule has 0 aromatic heterocycles. The molecule has 0 spiro atoms. The zero-order valence-electron chi connectivity index (χ0n) is 9.35. The van der Waals surface area contributed by atoms with Crippen LogP contribution in [0.4, 0.5) is 11.4 Å². The van der Waals surface area contributed by atoms with Crippen LogP contribution in [0.15, 0.2) is 18.2 Å². The standard InChI is InChI=1S/C10H11N3O5/c14-9-5-11(6-9)4-7-1-2-8(12(15)16)3-10(7)13(17)18/h1-3,9,14H,4-6H2. The SMILES string of the molecule is O=[N+]([O-])c1ccc(CN2CC(O)C2)c([N+](=O)[O-])c1.